The Balaban J connectivity index is 1.65. The second-order valence-corrected chi connectivity index (χ2v) is 8.43. The number of amides is 1. The lowest BCUT2D eigenvalue weighted by molar-refractivity contribution is -0.00177. The number of aliphatic hydroxyl groups is 1. The van der Waals surface area contributed by atoms with Crippen LogP contribution in [0.25, 0.3) is 16.9 Å². The van der Waals surface area contributed by atoms with Crippen molar-refractivity contribution >= 4 is 22.6 Å². The molecule has 1 amide bonds. The number of ether oxygens (including phenoxy) is 1. The third kappa shape index (κ3) is 4.92. The van der Waals surface area contributed by atoms with Gasteiger partial charge in [-0.05, 0) is 26.3 Å². The topological polar surface area (TPSA) is 138 Å². The van der Waals surface area contributed by atoms with Crippen LogP contribution in [0, 0.1) is 11.3 Å². The summed E-state index contributed by atoms with van der Waals surface area (Å²) in [6.07, 6.45) is 3.56. The van der Waals surface area contributed by atoms with Gasteiger partial charge < -0.3 is 20.5 Å². The third-order valence-electron chi connectivity index (χ3n) is 5.39. The number of nitrogens with zero attached hydrogens (tertiary/aromatic N) is 5. The maximum atomic E-state index is 14.1. The van der Waals surface area contributed by atoms with Crippen LogP contribution in [0.5, 0.6) is 0 Å². The van der Waals surface area contributed by atoms with Crippen molar-refractivity contribution in [3.8, 4) is 11.9 Å². The third-order valence-corrected chi connectivity index (χ3v) is 5.39. The van der Waals surface area contributed by atoms with Crippen LogP contribution in [0.1, 0.15) is 36.2 Å². The minimum atomic E-state index is -1.63. The number of anilines is 1. The number of carbonyl (C=O) groups excluding carboxylic acids is 1. The Morgan fingerprint density at radius 2 is 2.21 bits per heavy atom. The average molecular weight is 453 g/mol. The fraction of sp³-hybridized carbons (Fsp3) is 0.409. The summed E-state index contributed by atoms with van der Waals surface area (Å²) in [4.78, 5) is 21.5. The first-order valence-electron chi connectivity index (χ1n) is 10.5. The van der Waals surface area contributed by atoms with Gasteiger partial charge in [-0.25, -0.2) is 14.4 Å². The van der Waals surface area contributed by atoms with E-state index in [1.165, 1.54) is 30.9 Å². The highest BCUT2D eigenvalue weighted by atomic mass is 19.1. The minimum absolute atomic E-state index is 0.00257. The molecule has 33 heavy (non-hydrogen) atoms. The van der Waals surface area contributed by atoms with Gasteiger partial charge in [-0.3, -0.25) is 4.79 Å². The summed E-state index contributed by atoms with van der Waals surface area (Å²) in [7, 11) is 0. The van der Waals surface area contributed by atoms with E-state index in [-0.39, 0.29) is 18.2 Å². The number of nitriles is 1. The van der Waals surface area contributed by atoms with E-state index >= 15 is 0 Å². The molecule has 11 heteroatoms. The lowest BCUT2D eigenvalue weighted by Gasteiger charge is -2.23. The zero-order valence-electron chi connectivity index (χ0n) is 18.2. The van der Waals surface area contributed by atoms with Crippen molar-refractivity contribution in [3.63, 3.8) is 0 Å². The van der Waals surface area contributed by atoms with Crippen molar-refractivity contribution in [2.75, 3.05) is 25.1 Å². The molecule has 4 rings (SSSR count). The predicted molar refractivity (Wildman–Crippen MR) is 118 cm³/mol. The first kappa shape index (κ1) is 22.6. The molecule has 172 valence electrons. The Morgan fingerprint density at radius 1 is 1.39 bits per heavy atom. The highest BCUT2D eigenvalue weighted by molar-refractivity contribution is 5.99. The van der Waals surface area contributed by atoms with Crippen molar-refractivity contribution in [2.45, 2.75) is 38.1 Å². The molecule has 3 aromatic heterocycles. The van der Waals surface area contributed by atoms with Gasteiger partial charge in [-0.1, -0.05) is 0 Å². The van der Waals surface area contributed by atoms with E-state index in [1.807, 2.05) is 6.07 Å². The van der Waals surface area contributed by atoms with Gasteiger partial charge in [0.05, 0.1) is 47.8 Å². The maximum Gasteiger partial charge on any atom is 0.255 e. The molecule has 4 heterocycles. The van der Waals surface area contributed by atoms with Crippen molar-refractivity contribution in [1.82, 2.24) is 25.1 Å². The molecule has 1 saturated heterocycles. The second kappa shape index (κ2) is 9.09. The molecule has 0 bridgehead atoms. The zero-order chi connectivity index (χ0) is 23.6. The van der Waals surface area contributed by atoms with Crippen molar-refractivity contribution < 1.29 is 19.0 Å². The summed E-state index contributed by atoms with van der Waals surface area (Å²) in [6, 6.07) is 5.39. The van der Waals surface area contributed by atoms with Crippen LogP contribution in [0.15, 0.2) is 30.7 Å². The summed E-state index contributed by atoms with van der Waals surface area (Å²) in [5.74, 6) is -0.107. The number of fused-ring (bicyclic) bond motifs is 1. The Labute approximate surface area is 189 Å². The summed E-state index contributed by atoms with van der Waals surface area (Å²) in [6.45, 7) is 3.45. The number of hydrogen-bond donors (Lipinski definition) is 3. The monoisotopic (exact) mass is 453 g/mol. The van der Waals surface area contributed by atoms with Crippen molar-refractivity contribution in [3.05, 3.63) is 41.9 Å². The maximum absolute atomic E-state index is 14.1. The fourth-order valence-corrected chi connectivity index (χ4v) is 3.41. The Kier molecular flexibility index (Phi) is 6.22. The molecule has 10 nitrogen and oxygen atoms in total. The lowest BCUT2D eigenvalue weighted by Crippen LogP contribution is -2.42. The fourth-order valence-electron chi connectivity index (χ4n) is 3.41. The standard InChI is InChI=1S/C22H24FN7O3/c1-22(2,32)18(23)11-27-21(31)16-10-25-19(6-17(16)29-15-3-4-33-12-15)30-20-14(9-28-30)5-13(7-24)8-26-20/h5-6,8-10,15,18,32H,3-4,11-12H2,1-2H3,(H,25,29)(H,27,31). The molecule has 1 aliphatic rings. The molecule has 2 unspecified atom stereocenters. The first-order valence-corrected chi connectivity index (χ1v) is 10.5. The quantitative estimate of drug-likeness (QED) is 0.492. The molecule has 0 spiro atoms. The number of pyridine rings is 2. The second-order valence-electron chi connectivity index (χ2n) is 8.43. The number of nitrogens with one attached hydrogen (secondary N) is 2. The molecular formula is C22H24FN7O3. The van der Waals surface area contributed by atoms with Gasteiger partial charge in [-0.2, -0.15) is 15.0 Å². The molecule has 0 aliphatic carbocycles. The molecule has 0 aromatic carbocycles. The van der Waals surface area contributed by atoms with E-state index in [9.17, 15) is 14.3 Å². The van der Waals surface area contributed by atoms with Crippen LogP contribution in [-0.4, -0.2) is 68.3 Å². The Bertz CT molecular complexity index is 1210. The lowest BCUT2D eigenvalue weighted by atomic mass is 10.0. The number of aromatic nitrogens is 4. The minimum Gasteiger partial charge on any atom is -0.387 e. The number of halogens is 1. The van der Waals surface area contributed by atoms with Crippen molar-refractivity contribution in [2.24, 2.45) is 0 Å². The average Bonchev–Trinajstić information content (AvgIpc) is 3.45. The smallest absolute Gasteiger partial charge is 0.255 e. The molecule has 3 aromatic rings. The van der Waals surface area contributed by atoms with Crippen LogP contribution in [0.4, 0.5) is 10.1 Å². The van der Waals surface area contributed by atoms with Gasteiger partial charge in [0.25, 0.3) is 5.91 Å². The highest BCUT2D eigenvalue weighted by Crippen LogP contribution is 2.24. The molecule has 1 aliphatic heterocycles. The summed E-state index contributed by atoms with van der Waals surface area (Å²) in [5.41, 5.74) is 0.0768. The van der Waals surface area contributed by atoms with E-state index in [0.717, 1.165) is 6.42 Å². The van der Waals surface area contributed by atoms with Gasteiger partial charge in [-0.15, -0.1) is 0 Å². The summed E-state index contributed by atoms with van der Waals surface area (Å²) >= 11 is 0. The van der Waals surface area contributed by atoms with E-state index < -0.39 is 17.7 Å². The SMILES string of the molecule is CC(C)(O)C(F)CNC(=O)c1cnc(-n2ncc3cc(C#N)cnc32)cc1NC1CCOC1. The first-order chi connectivity index (χ1) is 15.8. The van der Waals surface area contributed by atoms with Gasteiger partial charge >= 0.3 is 0 Å². The van der Waals surface area contributed by atoms with E-state index in [0.29, 0.717) is 41.3 Å². The van der Waals surface area contributed by atoms with Crippen LogP contribution in [0.3, 0.4) is 0 Å². The number of hydrogen-bond acceptors (Lipinski definition) is 8. The molecule has 2 atom stereocenters. The summed E-state index contributed by atoms with van der Waals surface area (Å²) < 4.78 is 21.0. The van der Waals surface area contributed by atoms with Crippen LogP contribution >= 0.6 is 0 Å². The van der Waals surface area contributed by atoms with Gasteiger partial charge in [0.1, 0.15) is 12.2 Å². The number of alkyl halides is 1. The normalized spacial score (nSPS) is 17.0. The van der Waals surface area contributed by atoms with E-state index in [1.54, 1.807) is 18.3 Å². The molecule has 0 saturated carbocycles. The number of carbonyl (C=O) groups is 1. The van der Waals surface area contributed by atoms with Gasteiger partial charge in [0.15, 0.2) is 11.5 Å². The van der Waals surface area contributed by atoms with Crippen LogP contribution < -0.4 is 10.6 Å². The van der Waals surface area contributed by atoms with E-state index in [2.05, 4.69) is 25.7 Å². The van der Waals surface area contributed by atoms with Crippen molar-refractivity contribution in [1.29, 1.82) is 5.26 Å². The number of rotatable bonds is 7. The Morgan fingerprint density at radius 3 is 2.91 bits per heavy atom. The largest absolute Gasteiger partial charge is 0.387 e. The molecular weight excluding hydrogens is 429 g/mol. The highest BCUT2D eigenvalue weighted by Gasteiger charge is 2.28. The molecule has 1 fully saturated rings. The zero-order valence-corrected chi connectivity index (χ0v) is 18.2. The molecule has 3 N–H and O–H groups in total. The van der Waals surface area contributed by atoms with Gasteiger partial charge in [0, 0.05) is 30.5 Å². The van der Waals surface area contributed by atoms with Crippen LogP contribution in [-0.2, 0) is 4.74 Å². The Hall–Kier alpha value is -3.62. The van der Waals surface area contributed by atoms with Crippen LogP contribution in [0.2, 0.25) is 0 Å². The predicted octanol–water partition coefficient (Wildman–Crippen LogP) is 1.73. The molecule has 0 radical (unpaired) electrons. The summed E-state index contributed by atoms with van der Waals surface area (Å²) in [5, 5.41) is 29.7. The van der Waals surface area contributed by atoms with E-state index in [4.69, 9.17) is 10.00 Å². The van der Waals surface area contributed by atoms with Gasteiger partial charge in [0.2, 0.25) is 0 Å².